The number of azo groups is 1. The number of benzene rings is 2. The van der Waals surface area contributed by atoms with E-state index in [1.807, 2.05) is 13.8 Å². The van der Waals surface area contributed by atoms with Crippen molar-refractivity contribution in [3.05, 3.63) is 46.0 Å². The zero-order valence-electron chi connectivity index (χ0n) is 16.6. The van der Waals surface area contributed by atoms with E-state index in [1.165, 1.54) is 18.2 Å². The summed E-state index contributed by atoms with van der Waals surface area (Å²) >= 11 is 0. The first-order valence-corrected chi connectivity index (χ1v) is 8.76. The second kappa shape index (κ2) is 7.46. The number of non-ortho nitro benzene ring substituents is 1. The molecule has 0 saturated heterocycles. The molecule has 0 aliphatic heterocycles. The van der Waals surface area contributed by atoms with Crippen LogP contribution >= 0.6 is 0 Å². The Morgan fingerprint density at radius 2 is 1.46 bits per heavy atom. The first kappa shape index (κ1) is 21.1. The molecule has 2 aromatic rings. The first-order chi connectivity index (χ1) is 12.8. The Bertz CT molecular complexity index is 930. The van der Waals surface area contributed by atoms with E-state index < -0.39 is 16.1 Å². The molecule has 0 aliphatic carbocycles. The van der Waals surface area contributed by atoms with E-state index in [1.54, 1.807) is 6.07 Å². The Balaban J connectivity index is 2.42. The van der Waals surface area contributed by atoms with Crippen molar-refractivity contribution in [2.75, 3.05) is 0 Å². The number of aromatic hydroxyl groups is 3. The van der Waals surface area contributed by atoms with Gasteiger partial charge in [0.1, 0.15) is 28.6 Å². The minimum absolute atomic E-state index is 0.0139. The van der Waals surface area contributed by atoms with Crippen LogP contribution in [0.3, 0.4) is 0 Å². The highest BCUT2D eigenvalue weighted by molar-refractivity contribution is 5.60. The summed E-state index contributed by atoms with van der Waals surface area (Å²) < 4.78 is 0. The predicted molar refractivity (Wildman–Crippen MR) is 106 cm³/mol. The minimum atomic E-state index is -0.629. The molecule has 150 valence electrons. The average molecular weight is 387 g/mol. The van der Waals surface area contributed by atoms with Crippen LogP contribution in [0.5, 0.6) is 17.2 Å². The van der Waals surface area contributed by atoms with Crippen molar-refractivity contribution in [3.8, 4) is 17.2 Å². The van der Waals surface area contributed by atoms with E-state index in [0.717, 1.165) is 12.5 Å². The third-order valence-electron chi connectivity index (χ3n) is 4.23. The maximum Gasteiger partial charge on any atom is 0.273 e. The van der Waals surface area contributed by atoms with E-state index >= 15 is 0 Å². The van der Waals surface area contributed by atoms with Gasteiger partial charge in [-0.15, -0.1) is 10.2 Å². The lowest BCUT2D eigenvalue weighted by Gasteiger charge is -2.33. The second-order valence-electron chi connectivity index (χ2n) is 8.61. The van der Waals surface area contributed by atoms with Crippen LogP contribution in [0.2, 0.25) is 0 Å². The third-order valence-corrected chi connectivity index (χ3v) is 4.23. The Morgan fingerprint density at radius 1 is 0.893 bits per heavy atom. The second-order valence-corrected chi connectivity index (χ2v) is 8.61. The molecule has 0 heterocycles. The molecule has 0 unspecified atom stereocenters. The third kappa shape index (κ3) is 4.97. The van der Waals surface area contributed by atoms with Crippen LogP contribution in [0, 0.1) is 15.5 Å². The molecule has 2 aromatic carbocycles. The molecule has 28 heavy (non-hydrogen) atoms. The average Bonchev–Trinajstić information content (AvgIpc) is 2.52. The Morgan fingerprint density at radius 3 is 2.00 bits per heavy atom. The van der Waals surface area contributed by atoms with Crippen LogP contribution in [0.1, 0.15) is 46.6 Å². The summed E-state index contributed by atoms with van der Waals surface area (Å²) in [5.41, 5.74) is 0.105. The van der Waals surface area contributed by atoms with Gasteiger partial charge in [0, 0.05) is 17.7 Å². The van der Waals surface area contributed by atoms with Gasteiger partial charge >= 0.3 is 0 Å². The van der Waals surface area contributed by atoms with Crippen molar-refractivity contribution in [2.24, 2.45) is 15.6 Å². The van der Waals surface area contributed by atoms with Crippen molar-refractivity contribution < 1.29 is 20.2 Å². The van der Waals surface area contributed by atoms with Crippen LogP contribution in [0.25, 0.3) is 0 Å². The fourth-order valence-electron chi connectivity index (χ4n) is 3.43. The lowest BCUT2D eigenvalue weighted by Crippen LogP contribution is -2.24. The smallest absolute Gasteiger partial charge is 0.273 e. The Labute approximate surface area is 163 Å². The van der Waals surface area contributed by atoms with Gasteiger partial charge < -0.3 is 15.3 Å². The van der Waals surface area contributed by atoms with E-state index in [4.69, 9.17) is 0 Å². The van der Waals surface area contributed by atoms with Crippen LogP contribution < -0.4 is 0 Å². The molecular formula is C20H25N3O5. The van der Waals surface area contributed by atoms with E-state index in [9.17, 15) is 25.4 Å². The normalized spacial score (nSPS) is 12.5. The van der Waals surface area contributed by atoms with Gasteiger partial charge in [-0.2, -0.15) is 0 Å². The van der Waals surface area contributed by atoms with Crippen LogP contribution in [0.15, 0.2) is 40.6 Å². The first-order valence-electron chi connectivity index (χ1n) is 8.76. The maximum atomic E-state index is 10.7. The minimum Gasteiger partial charge on any atom is -0.508 e. The molecule has 0 spiro atoms. The van der Waals surface area contributed by atoms with Gasteiger partial charge in [-0.05, 0) is 29.4 Å². The molecule has 0 bridgehead atoms. The van der Waals surface area contributed by atoms with Gasteiger partial charge in [0.05, 0.1) is 11.0 Å². The van der Waals surface area contributed by atoms with Gasteiger partial charge in [-0.1, -0.05) is 34.6 Å². The number of hydrogen-bond donors (Lipinski definition) is 3. The van der Waals surface area contributed by atoms with E-state index in [-0.39, 0.29) is 34.0 Å². The fourth-order valence-corrected chi connectivity index (χ4v) is 3.43. The highest BCUT2D eigenvalue weighted by atomic mass is 16.6. The van der Waals surface area contributed by atoms with Gasteiger partial charge in [0.25, 0.3) is 5.69 Å². The SMILES string of the molecule is CC(C)(C)CC(C)(C)c1cc(N=Nc2ccc([N+](=O)[O-])cc2O)c(O)cc1O. The van der Waals surface area contributed by atoms with Gasteiger partial charge in [0.2, 0.25) is 0 Å². The number of nitro benzene ring substituents is 1. The molecule has 0 aromatic heterocycles. The van der Waals surface area contributed by atoms with Crippen molar-refractivity contribution >= 4 is 17.1 Å². The molecule has 0 radical (unpaired) electrons. The molecular weight excluding hydrogens is 362 g/mol. The zero-order valence-corrected chi connectivity index (χ0v) is 16.6. The molecule has 0 atom stereocenters. The van der Waals surface area contributed by atoms with Crippen LogP contribution in [0.4, 0.5) is 17.1 Å². The Hall–Kier alpha value is -3.16. The summed E-state index contributed by atoms with van der Waals surface area (Å²) in [4.78, 5) is 10.1. The molecule has 8 nitrogen and oxygen atoms in total. The molecule has 8 heteroatoms. The number of nitrogens with zero attached hydrogens (tertiary/aromatic N) is 3. The van der Waals surface area contributed by atoms with Gasteiger partial charge in [0.15, 0.2) is 0 Å². The lowest BCUT2D eigenvalue weighted by atomic mass is 9.72. The van der Waals surface area contributed by atoms with Crippen molar-refractivity contribution in [2.45, 2.75) is 46.5 Å². The van der Waals surface area contributed by atoms with E-state index in [0.29, 0.717) is 5.56 Å². The predicted octanol–water partition coefficient (Wildman–Crippen LogP) is 5.84. The highest BCUT2D eigenvalue weighted by Gasteiger charge is 2.30. The quantitative estimate of drug-likeness (QED) is 0.337. The van der Waals surface area contributed by atoms with Crippen LogP contribution in [-0.4, -0.2) is 20.2 Å². The number of phenols is 3. The largest absolute Gasteiger partial charge is 0.508 e. The summed E-state index contributed by atoms with van der Waals surface area (Å²) in [6, 6.07) is 6.20. The topological polar surface area (TPSA) is 129 Å². The molecule has 3 N–H and O–H groups in total. The summed E-state index contributed by atoms with van der Waals surface area (Å²) in [6.45, 7) is 10.3. The summed E-state index contributed by atoms with van der Waals surface area (Å²) in [5, 5.41) is 48.9. The summed E-state index contributed by atoms with van der Waals surface area (Å²) in [5.74, 6) is -0.702. The number of hydrogen-bond acceptors (Lipinski definition) is 7. The number of rotatable bonds is 5. The standard InChI is InChI=1S/C20H25N3O5/c1-19(2,3)11-20(4,5)13-9-15(18(26)10-16(13)24)22-21-14-7-6-12(23(27)28)8-17(14)25/h6-10,24-26H,11H2,1-5H3. The molecule has 0 fully saturated rings. The molecule has 0 aliphatic rings. The van der Waals surface area contributed by atoms with Crippen molar-refractivity contribution in [3.63, 3.8) is 0 Å². The summed E-state index contributed by atoms with van der Waals surface area (Å²) in [6.07, 6.45) is 0.776. The lowest BCUT2D eigenvalue weighted by molar-refractivity contribution is -0.384. The van der Waals surface area contributed by atoms with Crippen molar-refractivity contribution in [1.29, 1.82) is 0 Å². The van der Waals surface area contributed by atoms with E-state index in [2.05, 4.69) is 31.0 Å². The van der Waals surface area contributed by atoms with Gasteiger partial charge in [-0.3, -0.25) is 10.1 Å². The number of phenolic OH excluding ortho intramolecular Hbond substituents is 3. The summed E-state index contributed by atoms with van der Waals surface area (Å²) in [7, 11) is 0. The van der Waals surface area contributed by atoms with Crippen LogP contribution in [-0.2, 0) is 5.41 Å². The zero-order chi connectivity index (χ0) is 21.3. The highest BCUT2D eigenvalue weighted by Crippen LogP contribution is 2.44. The maximum absolute atomic E-state index is 10.7. The molecule has 2 rings (SSSR count). The Kier molecular flexibility index (Phi) is 5.63. The molecule has 0 saturated carbocycles. The van der Waals surface area contributed by atoms with Crippen molar-refractivity contribution in [1.82, 2.24) is 0 Å². The molecule has 0 amide bonds. The monoisotopic (exact) mass is 387 g/mol. The number of nitro groups is 1. The fraction of sp³-hybridized carbons (Fsp3) is 0.400. The van der Waals surface area contributed by atoms with Gasteiger partial charge in [-0.25, -0.2) is 0 Å².